The number of nitrogens with zero attached hydrogens (tertiary/aromatic N) is 2. The standard InChI is InChI=1S/C28H28N4O3/c1-28-26(34-3)17(29-2)12-20(35-28)31-18-10-6-4-8-14(18)22-23-16(13-30-27(23)33)21-15-9-5-7-11-19(15)32(28)25(21)24(22)31/h4-5,7-8,10-11,17,20,26,29H,6,9,12-13H2,1-3H3,(H,30,33)/t17-,20-,26-,28+/m1/s1. The van der Waals surface area contributed by atoms with Crippen LogP contribution in [0.4, 0.5) is 0 Å². The number of ether oxygens (including phenoxy) is 2. The van der Waals surface area contributed by atoms with E-state index in [2.05, 4.69) is 63.1 Å². The number of allylic oxidation sites excluding steroid dienone is 3. The maximum atomic E-state index is 13.3. The summed E-state index contributed by atoms with van der Waals surface area (Å²) in [5, 5.41) is 11.3. The third kappa shape index (κ3) is 2.17. The van der Waals surface area contributed by atoms with Crippen LogP contribution in [0.25, 0.3) is 40.0 Å². The average molecular weight is 469 g/mol. The lowest BCUT2D eigenvalue weighted by atomic mass is 9.93. The minimum atomic E-state index is -0.730. The molecule has 0 radical (unpaired) electrons. The molecule has 8 rings (SSSR count). The summed E-state index contributed by atoms with van der Waals surface area (Å²) in [7, 11) is 3.79. The second-order valence-electron chi connectivity index (χ2n) is 10.4. The van der Waals surface area contributed by atoms with Crippen LogP contribution in [0, 0.1) is 0 Å². The van der Waals surface area contributed by atoms with Crippen LogP contribution in [0.5, 0.6) is 0 Å². The van der Waals surface area contributed by atoms with E-state index >= 15 is 0 Å². The number of benzene rings is 1. The first kappa shape index (κ1) is 20.1. The van der Waals surface area contributed by atoms with Crippen LogP contribution in [0.15, 0.2) is 18.2 Å². The van der Waals surface area contributed by atoms with Gasteiger partial charge in [-0.2, -0.15) is 0 Å². The van der Waals surface area contributed by atoms with Crippen molar-refractivity contribution >= 4 is 45.9 Å². The van der Waals surface area contributed by atoms with Crippen molar-refractivity contribution in [2.45, 2.75) is 56.8 Å². The van der Waals surface area contributed by atoms with E-state index in [1.54, 1.807) is 7.11 Å². The summed E-state index contributed by atoms with van der Waals surface area (Å²) in [6, 6.07) is 0.104. The lowest BCUT2D eigenvalue weighted by Gasteiger charge is -2.48. The molecule has 2 aliphatic carbocycles. The van der Waals surface area contributed by atoms with E-state index in [4.69, 9.17) is 9.47 Å². The molecule has 0 saturated carbocycles. The minimum absolute atomic E-state index is 0.0277. The van der Waals surface area contributed by atoms with Gasteiger partial charge in [0, 0.05) is 53.2 Å². The van der Waals surface area contributed by atoms with E-state index < -0.39 is 5.72 Å². The van der Waals surface area contributed by atoms with Gasteiger partial charge in [0.05, 0.1) is 16.6 Å². The molecule has 2 bridgehead atoms. The first-order valence-electron chi connectivity index (χ1n) is 12.5. The van der Waals surface area contributed by atoms with Crippen molar-refractivity contribution in [2.75, 3.05) is 14.2 Å². The molecule has 5 aliphatic rings. The molecular weight excluding hydrogens is 440 g/mol. The van der Waals surface area contributed by atoms with Gasteiger partial charge in [0.15, 0.2) is 5.72 Å². The van der Waals surface area contributed by atoms with Crippen LogP contribution < -0.4 is 21.3 Å². The van der Waals surface area contributed by atoms with Crippen LogP contribution in [-0.2, 0) is 28.2 Å². The molecule has 7 heteroatoms. The van der Waals surface area contributed by atoms with Crippen molar-refractivity contribution in [1.82, 2.24) is 19.8 Å². The predicted molar refractivity (Wildman–Crippen MR) is 135 cm³/mol. The third-order valence-electron chi connectivity index (χ3n) is 8.85. The number of carbonyl (C=O) groups excluding carboxylic acids is 1. The fourth-order valence-electron chi connectivity index (χ4n) is 7.58. The Bertz CT molecular complexity index is 1690. The van der Waals surface area contributed by atoms with Gasteiger partial charge >= 0.3 is 0 Å². The van der Waals surface area contributed by atoms with Gasteiger partial charge in [0.1, 0.15) is 12.3 Å². The minimum Gasteiger partial charge on any atom is -0.375 e. The van der Waals surface area contributed by atoms with Gasteiger partial charge in [-0.25, -0.2) is 0 Å². The normalized spacial score (nSPS) is 29.6. The van der Waals surface area contributed by atoms with E-state index in [0.29, 0.717) is 6.54 Å². The first-order chi connectivity index (χ1) is 17.1. The predicted octanol–water partition coefficient (Wildman–Crippen LogP) is 2.14. The molecule has 35 heavy (non-hydrogen) atoms. The number of rotatable bonds is 2. The SMILES string of the molecule is CN[C@@H]1C[C@H]2O[C@@](C)([C@@H]1OC)n1c3c(c4c5c(c6c7c(n2c6c41)=CCC=C7)C(=O)NC5)CC=CC=3. The largest absolute Gasteiger partial charge is 0.375 e. The van der Waals surface area contributed by atoms with E-state index in [-0.39, 0.29) is 24.3 Å². The van der Waals surface area contributed by atoms with Gasteiger partial charge in [0.2, 0.25) is 0 Å². The van der Waals surface area contributed by atoms with Gasteiger partial charge in [0.25, 0.3) is 5.91 Å². The number of nitrogens with one attached hydrogen (secondary N) is 2. The highest BCUT2D eigenvalue weighted by Gasteiger charge is 2.53. The van der Waals surface area contributed by atoms with Crippen molar-refractivity contribution < 1.29 is 14.3 Å². The van der Waals surface area contributed by atoms with Crippen LogP contribution in [0.3, 0.4) is 0 Å². The Labute approximate surface area is 202 Å². The Hall–Kier alpha value is -3.13. The molecule has 1 fully saturated rings. The monoisotopic (exact) mass is 468 g/mol. The average Bonchev–Trinajstić information content (AvgIpc) is 3.51. The molecule has 1 saturated heterocycles. The molecule has 5 heterocycles. The maximum Gasteiger partial charge on any atom is 0.252 e. The van der Waals surface area contributed by atoms with Crippen molar-refractivity contribution in [3.8, 4) is 0 Å². The quantitative estimate of drug-likeness (QED) is 0.605. The number of likely N-dealkylation sites (N-methyl/N-ethyl adjacent to an activating group) is 1. The molecule has 1 aromatic carbocycles. The van der Waals surface area contributed by atoms with Gasteiger partial charge in [-0.3, -0.25) is 4.79 Å². The Morgan fingerprint density at radius 2 is 2.09 bits per heavy atom. The topological polar surface area (TPSA) is 69.5 Å². The highest BCUT2D eigenvalue weighted by Crippen LogP contribution is 2.49. The molecule has 4 atom stereocenters. The van der Waals surface area contributed by atoms with E-state index in [0.717, 1.165) is 57.6 Å². The van der Waals surface area contributed by atoms with E-state index in [1.807, 2.05) is 7.05 Å². The molecular formula is C28H28N4O3. The molecule has 0 spiro atoms. The summed E-state index contributed by atoms with van der Waals surface area (Å²) in [6.45, 7) is 2.73. The van der Waals surface area contributed by atoms with Crippen LogP contribution in [0.1, 0.15) is 53.0 Å². The Morgan fingerprint density at radius 1 is 1.20 bits per heavy atom. The van der Waals surface area contributed by atoms with E-state index in [1.165, 1.54) is 16.5 Å². The summed E-state index contributed by atoms with van der Waals surface area (Å²) in [5.74, 6) is 0.0277. The van der Waals surface area contributed by atoms with Crippen LogP contribution >= 0.6 is 0 Å². The molecule has 3 aromatic rings. The lowest BCUT2D eigenvalue weighted by molar-refractivity contribution is -0.259. The summed E-state index contributed by atoms with van der Waals surface area (Å²) >= 11 is 0. The molecule has 0 unspecified atom stereocenters. The number of amides is 1. The van der Waals surface area contributed by atoms with Crippen molar-refractivity contribution in [3.05, 3.63) is 51.2 Å². The van der Waals surface area contributed by atoms with Crippen LogP contribution in [-0.4, -0.2) is 41.3 Å². The zero-order valence-corrected chi connectivity index (χ0v) is 20.1. The number of hydrogen-bond acceptors (Lipinski definition) is 4. The summed E-state index contributed by atoms with van der Waals surface area (Å²) in [5.41, 5.74) is 5.92. The fourth-order valence-corrected chi connectivity index (χ4v) is 7.58. The van der Waals surface area contributed by atoms with E-state index in [9.17, 15) is 4.79 Å². The number of hydrogen-bond donors (Lipinski definition) is 2. The molecule has 3 aliphatic heterocycles. The zero-order valence-electron chi connectivity index (χ0n) is 20.1. The third-order valence-corrected chi connectivity index (χ3v) is 8.85. The second kappa shape index (κ2) is 6.55. The molecule has 1 amide bonds. The van der Waals surface area contributed by atoms with Gasteiger partial charge in [-0.05, 0) is 44.0 Å². The molecule has 7 nitrogen and oxygen atoms in total. The van der Waals surface area contributed by atoms with Gasteiger partial charge in [-0.1, -0.05) is 30.4 Å². The van der Waals surface area contributed by atoms with Gasteiger partial charge < -0.3 is 29.2 Å². The summed E-state index contributed by atoms with van der Waals surface area (Å²) < 4.78 is 18.1. The van der Waals surface area contributed by atoms with Crippen LogP contribution in [0.2, 0.25) is 0 Å². The number of fused-ring (bicyclic) bond motifs is 13. The molecule has 2 N–H and O–H groups in total. The Morgan fingerprint density at radius 3 is 2.91 bits per heavy atom. The smallest absolute Gasteiger partial charge is 0.252 e. The lowest BCUT2D eigenvalue weighted by Crippen LogP contribution is -2.61. The summed E-state index contributed by atoms with van der Waals surface area (Å²) in [6.07, 6.45) is 15.3. The van der Waals surface area contributed by atoms with Gasteiger partial charge in [-0.15, -0.1) is 0 Å². The first-order valence-corrected chi connectivity index (χ1v) is 12.5. The molecule has 178 valence electrons. The van der Waals surface area contributed by atoms with Crippen molar-refractivity contribution in [2.24, 2.45) is 0 Å². The molecule has 2 aromatic heterocycles. The number of carbonyl (C=O) groups is 1. The Balaban J connectivity index is 1.69. The fraction of sp³-hybridized carbons (Fsp3) is 0.393. The summed E-state index contributed by atoms with van der Waals surface area (Å²) in [4.78, 5) is 13.3. The number of methoxy groups -OCH3 is 1. The maximum absolute atomic E-state index is 13.3. The highest BCUT2D eigenvalue weighted by atomic mass is 16.6. The highest BCUT2D eigenvalue weighted by molar-refractivity contribution is 6.22. The van der Waals surface area contributed by atoms with Crippen molar-refractivity contribution in [1.29, 1.82) is 0 Å². The second-order valence-corrected chi connectivity index (χ2v) is 10.4. The number of aromatic nitrogens is 2. The van der Waals surface area contributed by atoms with Crippen molar-refractivity contribution in [3.63, 3.8) is 0 Å². The zero-order chi connectivity index (χ0) is 23.6. The Kier molecular flexibility index (Phi) is 3.76.